The number of halogens is 1. The second-order valence-electron chi connectivity index (χ2n) is 3.44. The molecule has 0 bridgehead atoms. The second-order valence-corrected chi connectivity index (χ2v) is 4.54. The predicted octanol–water partition coefficient (Wildman–Crippen LogP) is 3.00. The van der Waals surface area contributed by atoms with Crippen molar-refractivity contribution < 1.29 is 0 Å². The SMILES string of the molecule is Ic1cn2ccnc2c(-c2ccccc2)n1. The van der Waals surface area contributed by atoms with Gasteiger partial charge in [-0.3, -0.25) is 0 Å². The number of nitrogens with zero attached hydrogens (tertiary/aromatic N) is 3. The zero-order chi connectivity index (χ0) is 11.0. The number of imidazole rings is 1. The van der Waals surface area contributed by atoms with Crippen molar-refractivity contribution in [3.05, 3.63) is 52.6 Å². The van der Waals surface area contributed by atoms with E-state index in [2.05, 4.69) is 32.6 Å². The molecule has 0 spiro atoms. The van der Waals surface area contributed by atoms with Crippen molar-refractivity contribution in [3.63, 3.8) is 0 Å². The summed E-state index contributed by atoms with van der Waals surface area (Å²) in [6, 6.07) is 10.1. The first-order valence-corrected chi connectivity index (χ1v) is 5.97. The highest BCUT2D eigenvalue weighted by molar-refractivity contribution is 14.1. The molecule has 0 aliphatic carbocycles. The predicted molar refractivity (Wildman–Crippen MR) is 71.1 cm³/mol. The average Bonchev–Trinajstić information content (AvgIpc) is 2.77. The van der Waals surface area contributed by atoms with Gasteiger partial charge in [0.1, 0.15) is 9.39 Å². The van der Waals surface area contributed by atoms with Gasteiger partial charge in [-0.05, 0) is 22.6 Å². The Balaban J connectivity index is 2.34. The number of fused-ring (bicyclic) bond motifs is 1. The van der Waals surface area contributed by atoms with Crippen LogP contribution in [-0.4, -0.2) is 14.4 Å². The molecule has 4 heteroatoms. The molecule has 2 heterocycles. The highest BCUT2D eigenvalue weighted by atomic mass is 127. The Morgan fingerprint density at radius 3 is 2.75 bits per heavy atom. The van der Waals surface area contributed by atoms with Crippen LogP contribution in [0, 0.1) is 3.70 Å². The molecular weight excluding hydrogens is 313 g/mol. The van der Waals surface area contributed by atoms with E-state index in [1.54, 1.807) is 6.20 Å². The molecule has 0 saturated carbocycles. The summed E-state index contributed by atoms with van der Waals surface area (Å²) in [4.78, 5) is 8.88. The minimum atomic E-state index is 0.895. The van der Waals surface area contributed by atoms with Gasteiger partial charge in [0.25, 0.3) is 0 Å². The summed E-state index contributed by atoms with van der Waals surface area (Å²) in [6.45, 7) is 0. The lowest BCUT2D eigenvalue weighted by atomic mass is 10.1. The summed E-state index contributed by atoms with van der Waals surface area (Å²) in [7, 11) is 0. The third-order valence-corrected chi connectivity index (χ3v) is 2.91. The van der Waals surface area contributed by atoms with Crippen LogP contribution in [0.25, 0.3) is 16.9 Å². The highest BCUT2D eigenvalue weighted by Gasteiger charge is 2.07. The van der Waals surface area contributed by atoms with Crippen molar-refractivity contribution in [2.75, 3.05) is 0 Å². The van der Waals surface area contributed by atoms with Gasteiger partial charge in [0.05, 0.1) is 0 Å². The smallest absolute Gasteiger partial charge is 0.163 e. The third-order valence-electron chi connectivity index (χ3n) is 2.39. The number of benzene rings is 1. The van der Waals surface area contributed by atoms with E-state index in [9.17, 15) is 0 Å². The summed E-state index contributed by atoms with van der Waals surface area (Å²) in [6.07, 6.45) is 5.69. The van der Waals surface area contributed by atoms with E-state index in [1.807, 2.05) is 47.1 Å². The molecule has 16 heavy (non-hydrogen) atoms. The largest absolute Gasteiger partial charge is 0.303 e. The quantitative estimate of drug-likeness (QED) is 0.645. The Hall–Kier alpha value is -1.43. The molecule has 78 valence electrons. The zero-order valence-electron chi connectivity index (χ0n) is 8.34. The second kappa shape index (κ2) is 3.86. The van der Waals surface area contributed by atoms with E-state index in [1.165, 1.54) is 0 Å². The van der Waals surface area contributed by atoms with Crippen LogP contribution < -0.4 is 0 Å². The summed E-state index contributed by atoms with van der Waals surface area (Å²) in [5.41, 5.74) is 2.92. The van der Waals surface area contributed by atoms with Gasteiger partial charge in [-0.1, -0.05) is 30.3 Å². The van der Waals surface area contributed by atoms with Gasteiger partial charge in [-0.2, -0.15) is 0 Å². The maximum Gasteiger partial charge on any atom is 0.163 e. The molecule has 0 atom stereocenters. The molecule has 0 aliphatic rings. The van der Waals surface area contributed by atoms with Crippen molar-refractivity contribution in [2.24, 2.45) is 0 Å². The van der Waals surface area contributed by atoms with Gasteiger partial charge in [-0.15, -0.1) is 0 Å². The minimum Gasteiger partial charge on any atom is -0.303 e. The molecule has 1 aromatic carbocycles. The zero-order valence-corrected chi connectivity index (χ0v) is 10.5. The van der Waals surface area contributed by atoms with Gasteiger partial charge in [-0.25, -0.2) is 9.97 Å². The average molecular weight is 321 g/mol. The first-order valence-electron chi connectivity index (χ1n) is 4.89. The molecule has 0 amide bonds. The van der Waals surface area contributed by atoms with Crippen LogP contribution in [0.4, 0.5) is 0 Å². The van der Waals surface area contributed by atoms with Crippen molar-refractivity contribution in [3.8, 4) is 11.3 Å². The van der Waals surface area contributed by atoms with Gasteiger partial charge in [0.15, 0.2) is 5.65 Å². The van der Waals surface area contributed by atoms with Crippen LogP contribution in [-0.2, 0) is 0 Å². The van der Waals surface area contributed by atoms with Gasteiger partial charge in [0.2, 0.25) is 0 Å². The molecule has 3 nitrogen and oxygen atoms in total. The number of hydrogen-bond donors (Lipinski definition) is 0. The maximum atomic E-state index is 4.55. The van der Waals surface area contributed by atoms with Gasteiger partial charge >= 0.3 is 0 Å². The summed E-state index contributed by atoms with van der Waals surface area (Å²) in [5, 5.41) is 0. The highest BCUT2D eigenvalue weighted by Crippen LogP contribution is 2.21. The Morgan fingerprint density at radius 1 is 1.12 bits per heavy atom. The lowest BCUT2D eigenvalue weighted by Crippen LogP contribution is -1.94. The molecule has 0 N–H and O–H groups in total. The topological polar surface area (TPSA) is 30.2 Å². The van der Waals surface area contributed by atoms with E-state index in [0.29, 0.717) is 0 Å². The van der Waals surface area contributed by atoms with E-state index < -0.39 is 0 Å². The van der Waals surface area contributed by atoms with Crippen molar-refractivity contribution in [1.82, 2.24) is 14.4 Å². The lowest BCUT2D eigenvalue weighted by molar-refractivity contribution is 1.10. The minimum absolute atomic E-state index is 0.895. The standard InChI is InChI=1S/C12H8IN3/c13-10-8-16-7-6-14-12(16)11(15-10)9-4-2-1-3-5-9/h1-8H. The van der Waals surface area contributed by atoms with E-state index in [4.69, 9.17) is 0 Å². The number of rotatable bonds is 1. The molecule has 2 aromatic heterocycles. The normalized spacial score (nSPS) is 10.8. The molecular formula is C12H8IN3. The summed E-state index contributed by atoms with van der Waals surface area (Å²) < 4.78 is 2.96. The fourth-order valence-corrected chi connectivity index (χ4v) is 2.23. The molecule has 0 aliphatic heterocycles. The fraction of sp³-hybridized carbons (Fsp3) is 0. The Bertz CT molecular complexity index is 631. The number of hydrogen-bond acceptors (Lipinski definition) is 2. The summed E-state index contributed by atoms with van der Waals surface area (Å²) >= 11 is 2.22. The van der Waals surface area contributed by atoms with Crippen LogP contribution >= 0.6 is 22.6 Å². The van der Waals surface area contributed by atoms with Crippen LogP contribution in [0.15, 0.2) is 48.9 Å². The Kier molecular flexibility index (Phi) is 2.36. The first-order chi connectivity index (χ1) is 7.84. The lowest BCUT2D eigenvalue weighted by Gasteiger charge is -2.03. The maximum absolute atomic E-state index is 4.55. The van der Waals surface area contributed by atoms with Crippen LogP contribution in [0.2, 0.25) is 0 Å². The first kappa shape index (κ1) is 9.77. The molecule has 3 aromatic rings. The van der Waals surface area contributed by atoms with E-state index in [0.717, 1.165) is 20.6 Å². The Labute approximate surface area is 106 Å². The molecule has 0 radical (unpaired) electrons. The van der Waals surface area contributed by atoms with Crippen molar-refractivity contribution in [1.29, 1.82) is 0 Å². The number of aromatic nitrogens is 3. The van der Waals surface area contributed by atoms with Crippen LogP contribution in [0.1, 0.15) is 0 Å². The van der Waals surface area contributed by atoms with E-state index in [-0.39, 0.29) is 0 Å². The third kappa shape index (κ3) is 1.59. The molecule has 0 fully saturated rings. The van der Waals surface area contributed by atoms with Gasteiger partial charge < -0.3 is 4.40 Å². The fourth-order valence-electron chi connectivity index (χ4n) is 1.69. The molecule has 3 rings (SSSR count). The monoisotopic (exact) mass is 321 g/mol. The van der Waals surface area contributed by atoms with Crippen molar-refractivity contribution in [2.45, 2.75) is 0 Å². The van der Waals surface area contributed by atoms with E-state index >= 15 is 0 Å². The summed E-state index contributed by atoms with van der Waals surface area (Å²) in [5.74, 6) is 0. The van der Waals surface area contributed by atoms with Crippen molar-refractivity contribution >= 4 is 28.2 Å². The van der Waals surface area contributed by atoms with Gasteiger partial charge in [0, 0.05) is 24.2 Å². The Morgan fingerprint density at radius 2 is 1.94 bits per heavy atom. The van der Waals surface area contributed by atoms with Crippen LogP contribution in [0.5, 0.6) is 0 Å². The molecule has 0 saturated heterocycles. The van der Waals surface area contributed by atoms with Crippen LogP contribution in [0.3, 0.4) is 0 Å². The molecule has 0 unspecified atom stereocenters.